The van der Waals surface area contributed by atoms with Gasteiger partial charge in [-0.15, -0.1) is 11.3 Å². The number of carbonyl (C=O) groups is 1. The number of anilines is 1. The van der Waals surface area contributed by atoms with Gasteiger partial charge in [0.05, 0.1) is 26.5 Å². The van der Waals surface area contributed by atoms with Crippen molar-refractivity contribution in [2.45, 2.75) is 6.92 Å². The molecular weight excluding hydrogens is 342 g/mol. The minimum Gasteiger partial charge on any atom is -0.497 e. The van der Waals surface area contributed by atoms with Crippen molar-refractivity contribution < 1.29 is 19.0 Å². The number of methoxy groups -OCH3 is 2. The first-order chi connectivity index (χ1) is 12.1. The standard InChI is InChI=1S/C17H17N3O4S/c1-4-24-16(21)11(8-18)9-19-17-20-14(10-25-17)13-7-12(22-2)5-6-15(13)23-3/h5-7,9-10H,4H2,1-3H3,(H,19,20)/b11-9+. The summed E-state index contributed by atoms with van der Waals surface area (Å²) >= 11 is 1.33. The Morgan fingerprint density at radius 2 is 2.20 bits per heavy atom. The maximum atomic E-state index is 11.6. The molecule has 0 saturated heterocycles. The van der Waals surface area contributed by atoms with E-state index in [1.165, 1.54) is 17.5 Å². The number of thiazole rings is 1. The number of nitrogens with one attached hydrogen (secondary N) is 1. The summed E-state index contributed by atoms with van der Waals surface area (Å²) in [5, 5.41) is 14.2. The molecule has 0 spiro atoms. The van der Waals surface area contributed by atoms with E-state index in [9.17, 15) is 4.79 Å². The smallest absolute Gasteiger partial charge is 0.350 e. The van der Waals surface area contributed by atoms with E-state index in [1.54, 1.807) is 39.3 Å². The highest BCUT2D eigenvalue weighted by molar-refractivity contribution is 7.14. The van der Waals surface area contributed by atoms with E-state index in [-0.39, 0.29) is 12.2 Å². The third-order valence-corrected chi connectivity index (χ3v) is 3.92. The molecule has 1 aromatic carbocycles. The SMILES string of the molecule is CCOC(=O)/C(C#N)=C/Nc1nc(-c2cc(OC)ccc2OC)cs1. The van der Waals surface area contributed by atoms with Crippen LogP contribution in [-0.2, 0) is 9.53 Å². The van der Waals surface area contributed by atoms with Gasteiger partial charge in [-0.2, -0.15) is 5.26 Å². The molecule has 0 radical (unpaired) electrons. The van der Waals surface area contributed by atoms with Crippen LogP contribution in [0.4, 0.5) is 5.13 Å². The van der Waals surface area contributed by atoms with Crippen LogP contribution in [0.25, 0.3) is 11.3 Å². The molecule has 0 aliphatic carbocycles. The van der Waals surface area contributed by atoms with Gasteiger partial charge in [0.25, 0.3) is 0 Å². The molecule has 0 aliphatic heterocycles. The van der Waals surface area contributed by atoms with Crippen molar-refractivity contribution in [1.82, 2.24) is 4.98 Å². The maximum absolute atomic E-state index is 11.6. The molecule has 1 heterocycles. The average Bonchev–Trinajstić information content (AvgIpc) is 3.10. The molecule has 8 heteroatoms. The molecule has 2 rings (SSSR count). The monoisotopic (exact) mass is 359 g/mol. The van der Waals surface area contributed by atoms with Crippen LogP contribution in [0, 0.1) is 11.3 Å². The summed E-state index contributed by atoms with van der Waals surface area (Å²) < 4.78 is 15.4. The van der Waals surface area contributed by atoms with Gasteiger partial charge in [-0.3, -0.25) is 0 Å². The quantitative estimate of drug-likeness (QED) is 0.461. The Morgan fingerprint density at radius 1 is 1.40 bits per heavy atom. The average molecular weight is 359 g/mol. The predicted octanol–water partition coefficient (Wildman–Crippen LogP) is 3.21. The first-order valence-corrected chi connectivity index (χ1v) is 8.22. The van der Waals surface area contributed by atoms with Crippen molar-refractivity contribution in [2.24, 2.45) is 0 Å². The van der Waals surface area contributed by atoms with Crippen molar-refractivity contribution in [2.75, 3.05) is 26.1 Å². The third-order valence-electron chi connectivity index (χ3n) is 3.14. The number of benzene rings is 1. The van der Waals surface area contributed by atoms with Crippen LogP contribution < -0.4 is 14.8 Å². The number of hydrogen-bond acceptors (Lipinski definition) is 8. The minimum absolute atomic E-state index is 0.127. The Hall–Kier alpha value is -3.05. The molecule has 0 unspecified atom stereocenters. The number of nitrogens with zero attached hydrogens (tertiary/aromatic N) is 2. The molecule has 130 valence electrons. The van der Waals surface area contributed by atoms with Gasteiger partial charge in [0.2, 0.25) is 0 Å². The molecule has 25 heavy (non-hydrogen) atoms. The summed E-state index contributed by atoms with van der Waals surface area (Å²) in [6.07, 6.45) is 1.28. The highest BCUT2D eigenvalue weighted by Gasteiger charge is 2.13. The minimum atomic E-state index is -0.677. The molecule has 2 aromatic rings. The van der Waals surface area contributed by atoms with Gasteiger partial charge in [0, 0.05) is 17.1 Å². The summed E-state index contributed by atoms with van der Waals surface area (Å²) in [6.45, 7) is 1.88. The fourth-order valence-electron chi connectivity index (χ4n) is 1.96. The fraction of sp³-hybridized carbons (Fsp3) is 0.235. The van der Waals surface area contributed by atoms with Crippen LogP contribution >= 0.6 is 11.3 Å². The lowest BCUT2D eigenvalue weighted by molar-refractivity contribution is -0.138. The zero-order valence-electron chi connectivity index (χ0n) is 14.0. The molecule has 0 bridgehead atoms. The number of aromatic nitrogens is 1. The summed E-state index contributed by atoms with van der Waals surface area (Å²) in [5.41, 5.74) is 1.34. The second-order valence-electron chi connectivity index (χ2n) is 4.64. The van der Waals surface area contributed by atoms with Gasteiger partial charge in [-0.25, -0.2) is 9.78 Å². The first kappa shape index (κ1) is 18.3. The van der Waals surface area contributed by atoms with Gasteiger partial charge >= 0.3 is 5.97 Å². The lowest BCUT2D eigenvalue weighted by Crippen LogP contribution is -2.07. The third kappa shape index (κ3) is 4.49. The molecular formula is C17H17N3O4S. The van der Waals surface area contributed by atoms with Gasteiger partial charge in [-0.1, -0.05) is 0 Å². The topological polar surface area (TPSA) is 93.5 Å². The summed E-state index contributed by atoms with van der Waals surface area (Å²) in [5.74, 6) is 0.674. The van der Waals surface area contributed by atoms with Gasteiger partial charge < -0.3 is 19.5 Å². The lowest BCUT2D eigenvalue weighted by Gasteiger charge is -2.08. The van der Waals surface area contributed by atoms with Crippen LogP contribution in [0.5, 0.6) is 11.5 Å². The van der Waals surface area contributed by atoms with Crippen molar-refractivity contribution in [3.05, 3.63) is 35.4 Å². The van der Waals surface area contributed by atoms with E-state index in [0.717, 1.165) is 5.56 Å². The molecule has 0 atom stereocenters. The maximum Gasteiger partial charge on any atom is 0.350 e. The number of ether oxygens (including phenoxy) is 3. The van der Waals surface area contributed by atoms with E-state index < -0.39 is 5.97 Å². The molecule has 0 fully saturated rings. The molecule has 0 saturated carbocycles. The van der Waals surface area contributed by atoms with Gasteiger partial charge in [0.1, 0.15) is 17.6 Å². The highest BCUT2D eigenvalue weighted by atomic mass is 32.1. The van der Waals surface area contributed by atoms with Crippen LogP contribution in [-0.4, -0.2) is 31.8 Å². The Bertz CT molecular complexity index is 824. The van der Waals surface area contributed by atoms with Crippen LogP contribution in [0.1, 0.15) is 6.92 Å². The van der Waals surface area contributed by atoms with Crippen molar-refractivity contribution >= 4 is 22.4 Å². The molecule has 1 N–H and O–H groups in total. The number of rotatable bonds is 7. The zero-order valence-corrected chi connectivity index (χ0v) is 14.8. The zero-order chi connectivity index (χ0) is 18.2. The number of carbonyl (C=O) groups excluding carboxylic acids is 1. The summed E-state index contributed by atoms with van der Waals surface area (Å²) in [6, 6.07) is 7.22. The highest BCUT2D eigenvalue weighted by Crippen LogP contribution is 2.35. The summed E-state index contributed by atoms with van der Waals surface area (Å²) in [4.78, 5) is 16.0. The Labute approximate surface area is 149 Å². The van der Waals surface area contributed by atoms with Crippen molar-refractivity contribution in [3.8, 4) is 28.8 Å². The molecule has 0 amide bonds. The Morgan fingerprint density at radius 3 is 2.84 bits per heavy atom. The normalized spacial score (nSPS) is 10.7. The number of esters is 1. The number of nitriles is 1. The number of hydrogen-bond donors (Lipinski definition) is 1. The van der Waals surface area contributed by atoms with E-state index >= 15 is 0 Å². The molecule has 0 aliphatic rings. The Balaban J connectivity index is 2.23. The van der Waals surface area contributed by atoms with E-state index in [4.69, 9.17) is 19.5 Å². The van der Waals surface area contributed by atoms with Crippen LogP contribution in [0.3, 0.4) is 0 Å². The van der Waals surface area contributed by atoms with E-state index in [2.05, 4.69) is 10.3 Å². The van der Waals surface area contributed by atoms with E-state index in [1.807, 2.05) is 11.4 Å². The summed E-state index contributed by atoms with van der Waals surface area (Å²) in [7, 11) is 3.17. The van der Waals surface area contributed by atoms with Crippen molar-refractivity contribution in [3.63, 3.8) is 0 Å². The van der Waals surface area contributed by atoms with E-state index in [0.29, 0.717) is 22.3 Å². The molecule has 1 aromatic heterocycles. The van der Waals surface area contributed by atoms with Gasteiger partial charge in [-0.05, 0) is 25.1 Å². The molecule has 7 nitrogen and oxygen atoms in total. The predicted molar refractivity (Wildman–Crippen MR) is 94.6 cm³/mol. The second-order valence-corrected chi connectivity index (χ2v) is 5.50. The first-order valence-electron chi connectivity index (χ1n) is 7.34. The fourth-order valence-corrected chi connectivity index (χ4v) is 2.64. The van der Waals surface area contributed by atoms with Gasteiger partial charge in [0.15, 0.2) is 10.7 Å². The lowest BCUT2D eigenvalue weighted by atomic mass is 10.1. The Kier molecular flexibility index (Phi) is 6.37. The van der Waals surface area contributed by atoms with Crippen LogP contribution in [0.2, 0.25) is 0 Å². The largest absolute Gasteiger partial charge is 0.497 e. The van der Waals surface area contributed by atoms with Crippen molar-refractivity contribution in [1.29, 1.82) is 5.26 Å². The van der Waals surface area contributed by atoms with Crippen LogP contribution in [0.15, 0.2) is 35.4 Å². The second kappa shape index (κ2) is 8.70.